The average molecular weight is 291 g/mol. The number of hydrogen-bond donors (Lipinski definition) is 1. The highest BCUT2D eigenvalue weighted by atomic mass is 35.5. The van der Waals surface area contributed by atoms with Gasteiger partial charge < -0.3 is 10.1 Å². The summed E-state index contributed by atoms with van der Waals surface area (Å²) in [5, 5.41) is 3.96. The lowest BCUT2D eigenvalue weighted by Gasteiger charge is -2.07. The van der Waals surface area contributed by atoms with Crippen LogP contribution in [0.4, 0.5) is 0 Å². The van der Waals surface area contributed by atoms with Crippen molar-refractivity contribution in [1.82, 2.24) is 10.3 Å². The summed E-state index contributed by atoms with van der Waals surface area (Å²) in [5.74, 6) is 0.686. The number of halogens is 1. The number of benzene rings is 1. The minimum Gasteiger partial charge on any atom is -0.487 e. The molecule has 4 heteroatoms. The predicted molar refractivity (Wildman–Crippen MR) is 82.0 cm³/mol. The Hall–Kier alpha value is -1.58. The molecule has 0 spiro atoms. The van der Waals surface area contributed by atoms with Crippen LogP contribution in [0.5, 0.6) is 5.75 Å². The summed E-state index contributed by atoms with van der Waals surface area (Å²) >= 11 is 5.86. The number of ether oxygens (including phenoxy) is 1. The fourth-order valence-corrected chi connectivity index (χ4v) is 1.96. The molecular formula is C16H19ClN2O. The maximum absolute atomic E-state index is 5.86. The zero-order valence-electron chi connectivity index (χ0n) is 11.6. The highest BCUT2D eigenvalue weighted by molar-refractivity contribution is 6.30. The fourth-order valence-electron chi connectivity index (χ4n) is 1.80. The van der Waals surface area contributed by atoms with Crippen molar-refractivity contribution in [3.63, 3.8) is 0 Å². The van der Waals surface area contributed by atoms with Gasteiger partial charge >= 0.3 is 0 Å². The molecular weight excluding hydrogens is 272 g/mol. The van der Waals surface area contributed by atoms with Crippen LogP contribution in [-0.4, -0.2) is 11.5 Å². The van der Waals surface area contributed by atoms with Gasteiger partial charge in [-0.25, -0.2) is 0 Å². The van der Waals surface area contributed by atoms with Crippen LogP contribution >= 0.6 is 11.6 Å². The molecule has 0 saturated carbocycles. The van der Waals surface area contributed by atoms with Crippen molar-refractivity contribution in [2.45, 2.75) is 26.5 Å². The highest BCUT2D eigenvalue weighted by Gasteiger charge is 1.98. The zero-order valence-corrected chi connectivity index (χ0v) is 12.4. The molecule has 0 aliphatic heterocycles. The minimum atomic E-state index is 0.519. The van der Waals surface area contributed by atoms with Crippen molar-refractivity contribution in [2.75, 3.05) is 6.54 Å². The second-order valence-electron chi connectivity index (χ2n) is 4.62. The van der Waals surface area contributed by atoms with Crippen molar-refractivity contribution in [3.8, 4) is 5.75 Å². The monoisotopic (exact) mass is 290 g/mol. The molecule has 106 valence electrons. The van der Waals surface area contributed by atoms with Crippen LogP contribution in [0.3, 0.4) is 0 Å². The van der Waals surface area contributed by atoms with Crippen LogP contribution in [0.2, 0.25) is 5.02 Å². The van der Waals surface area contributed by atoms with Crippen LogP contribution in [0.1, 0.15) is 24.5 Å². The number of hydrogen-bond acceptors (Lipinski definition) is 3. The average Bonchev–Trinajstić information content (AvgIpc) is 2.47. The molecule has 0 amide bonds. The van der Waals surface area contributed by atoms with Crippen LogP contribution in [-0.2, 0) is 13.2 Å². The van der Waals surface area contributed by atoms with Gasteiger partial charge in [0.15, 0.2) is 0 Å². The molecule has 2 rings (SSSR count). The van der Waals surface area contributed by atoms with E-state index in [9.17, 15) is 0 Å². The normalized spacial score (nSPS) is 10.5. The van der Waals surface area contributed by atoms with Gasteiger partial charge in [0, 0.05) is 18.8 Å². The van der Waals surface area contributed by atoms with E-state index in [0.717, 1.165) is 25.1 Å². The number of nitrogens with zero attached hydrogens (tertiary/aromatic N) is 1. The van der Waals surface area contributed by atoms with E-state index in [4.69, 9.17) is 16.3 Å². The minimum absolute atomic E-state index is 0.519. The third-order valence-electron chi connectivity index (χ3n) is 2.86. The molecule has 0 aliphatic rings. The molecule has 1 heterocycles. The molecule has 0 unspecified atom stereocenters. The van der Waals surface area contributed by atoms with Crippen molar-refractivity contribution in [2.24, 2.45) is 0 Å². The molecule has 0 saturated heterocycles. The van der Waals surface area contributed by atoms with Gasteiger partial charge in [0.1, 0.15) is 12.4 Å². The second kappa shape index (κ2) is 7.88. The van der Waals surface area contributed by atoms with Crippen molar-refractivity contribution < 1.29 is 4.74 Å². The van der Waals surface area contributed by atoms with Crippen LogP contribution in [0.25, 0.3) is 0 Å². The summed E-state index contributed by atoms with van der Waals surface area (Å²) in [4.78, 5) is 3.99. The van der Waals surface area contributed by atoms with E-state index < -0.39 is 0 Å². The largest absolute Gasteiger partial charge is 0.487 e. The Kier molecular flexibility index (Phi) is 5.84. The van der Waals surface area contributed by atoms with Gasteiger partial charge in [0.25, 0.3) is 0 Å². The van der Waals surface area contributed by atoms with Crippen molar-refractivity contribution in [1.29, 1.82) is 0 Å². The molecule has 20 heavy (non-hydrogen) atoms. The molecule has 2 aromatic rings. The van der Waals surface area contributed by atoms with E-state index in [1.165, 1.54) is 5.56 Å². The number of pyridine rings is 1. The van der Waals surface area contributed by atoms with Crippen molar-refractivity contribution >= 4 is 11.6 Å². The molecule has 0 radical (unpaired) electrons. The predicted octanol–water partition coefficient (Wildman–Crippen LogP) is 3.81. The molecule has 0 fully saturated rings. The summed E-state index contributed by atoms with van der Waals surface area (Å²) in [6, 6.07) is 10.2. The Labute approximate surface area is 124 Å². The molecule has 1 N–H and O–H groups in total. The van der Waals surface area contributed by atoms with E-state index in [-0.39, 0.29) is 0 Å². The smallest absolute Gasteiger partial charge is 0.139 e. The Morgan fingerprint density at radius 3 is 2.60 bits per heavy atom. The first kappa shape index (κ1) is 14.8. The standard InChI is InChI=1S/C16H19ClN2O/c1-2-7-18-9-13-3-5-14(6-4-13)12-20-16-8-15(17)10-19-11-16/h3-6,8,10-11,18H,2,7,9,12H2,1H3. The summed E-state index contributed by atoms with van der Waals surface area (Å²) in [7, 11) is 0. The maximum Gasteiger partial charge on any atom is 0.139 e. The van der Waals surface area contributed by atoms with E-state index in [2.05, 4.69) is 41.5 Å². The topological polar surface area (TPSA) is 34.1 Å². The Morgan fingerprint density at radius 1 is 1.15 bits per heavy atom. The van der Waals surface area contributed by atoms with Gasteiger partial charge in [-0.2, -0.15) is 0 Å². The summed E-state index contributed by atoms with van der Waals surface area (Å²) in [6.07, 6.45) is 4.40. The summed E-state index contributed by atoms with van der Waals surface area (Å²) in [6.45, 7) is 4.64. The lowest BCUT2D eigenvalue weighted by Crippen LogP contribution is -2.13. The van der Waals surface area contributed by atoms with E-state index >= 15 is 0 Å². The fraction of sp³-hybridized carbons (Fsp3) is 0.312. The van der Waals surface area contributed by atoms with Crippen molar-refractivity contribution in [3.05, 3.63) is 58.9 Å². The van der Waals surface area contributed by atoms with Crippen LogP contribution < -0.4 is 10.1 Å². The van der Waals surface area contributed by atoms with Gasteiger partial charge in [-0.3, -0.25) is 4.98 Å². The van der Waals surface area contributed by atoms with Gasteiger partial charge in [0.05, 0.1) is 11.2 Å². The highest BCUT2D eigenvalue weighted by Crippen LogP contribution is 2.16. The van der Waals surface area contributed by atoms with Gasteiger partial charge in [-0.05, 0) is 24.1 Å². The Morgan fingerprint density at radius 2 is 1.90 bits per heavy atom. The lowest BCUT2D eigenvalue weighted by atomic mass is 10.1. The first-order valence-electron chi connectivity index (χ1n) is 6.80. The Bertz CT molecular complexity index is 528. The van der Waals surface area contributed by atoms with E-state index in [1.54, 1.807) is 18.5 Å². The molecule has 1 aromatic heterocycles. The SMILES string of the molecule is CCCNCc1ccc(COc2cncc(Cl)c2)cc1. The molecule has 0 bridgehead atoms. The molecule has 0 aliphatic carbocycles. The lowest BCUT2D eigenvalue weighted by molar-refractivity contribution is 0.305. The van der Waals surface area contributed by atoms with E-state index in [0.29, 0.717) is 17.4 Å². The third kappa shape index (κ3) is 4.83. The van der Waals surface area contributed by atoms with Crippen LogP contribution in [0, 0.1) is 0 Å². The Balaban J connectivity index is 1.84. The molecule has 3 nitrogen and oxygen atoms in total. The van der Waals surface area contributed by atoms with Gasteiger partial charge in [-0.15, -0.1) is 0 Å². The van der Waals surface area contributed by atoms with Crippen LogP contribution in [0.15, 0.2) is 42.7 Å². The molecule has 0 atom stereocenters. The second-order valence-corrected chi connectivity index (χ2v) is 5.06. The number of rotatable bonds is 7. The number of nitrogens with one attached hydrogen (secondary N) is 1. The molecule has 1 aromatic carbocycles. The zero-order chi connectivity index (χ0) is 14.2. The maximum atomic E-state index is 5.86. The quantitative estimate of drug-likeness (QED) is 0.787. The van der Waals surface area contributed by atoms with Gasteiger partial charge in [-0.1, -0.05) is 42.8 Å². The summed E-state index contributed by atoms with van der Waals surface area (Å²) in [5.41, 5.74) is 2.41. The summed E-state index contributed by atoms with van der Waals surface area (Å²) < 4.78 is 5.65. The van der Waals surface area contributed by atoms with Gasteiger partial charge in [0.2, 0.25) is 0 Å². The number of aromatic nitrogens is 1. The first-order chi connectivity index (χ1) is 9.78. The third-order valence-corrected chi connectivity index (χ3v) is 3.07. The van der Waals surface area contributed by atoms with E-state index in [1.807, 2.05) is 0 Å². The first-order valence-corrected chi connectivity index (χ1v) is 7.17.